The Morgan fingerprint density at radius 2 is 1.44 bits per heavy atom. The van der Waals surface area contributed by atoms with E-state index in [0.29, 0.717) is 22.6 Å². The van der Waals surface area contributed by atoms with E-state index in [4.69, 9.17) is 16.7 Å². The number of unbranched alkanes of at least 4 members (excludes halogenated alkanes) is 2. The number of allylic oxidation sites excluding steroid dienone is 1. The van der Waals surface area contributed by atoms with Gasteiger partial charge in [-0.25, -0.2) is 0 Å². The van der Waals surface area contributed by atoms with Gasteiger partial charge >= 0.3 is 0 Å². The van der Waals surface area contributed by atoms with Crippen LogP contribution in [0.1, 0.15) is 84.6 Å². The summed E-state index contributed by atoms with van der Waals surface area (Å²) in [7, 11) is -2.53. The van der Waals surface area contributed by atoms with Crippen molar-refractivity contribution in [3.05, 3.63) is 71.8 Å². The van der Waals surface area contributed by atoms with Crippen LogP contribution in [0.3, 0.4) is 0 Å². The van der Waals surface area contributed by atoms with Gasteiger partial charge in [0.1, 0.15) is 5.75 Å². The van der Waals surface area contributed by atoms with Crippen LogP contribution in [0.5, 0.6) is 5.75 Å². The third-order valence-corrected chi connectivity index (χ3v) is 9.90. The summed E-state index contributed by atoms with van der Waals surface area (Å²) in [6.07, 6.45) is 13.7. The molecule has 0 bridgehead atoms. The molecule has 202 valence electrons. The number of nitrogens with one attached hydrogen (secondary N) is 1. The third-order valence-electron chi connectivity index (χ3n) is 6.71. The van der Waals surface area contributed by atoms with E-state index >= 15 is 0 Å². The first-order valence-corrected chi connectivity index (χ1v) is 16.3. The number of hydrogen-bond donors (Lipinski definition) is 2. The molecule has 2 rings (SSSR count). The van der Waals surface area contributed by atoms with Crippen LogP contribution in [0.4, 0.5) is 5.69 Å². The molecule has 0 amide bonds. The normalized spacial score (nSPS) is 14.1. The van der Waals surface area contributed by atoms with E-state index in [9.17, 15) is 4.57 Å². The molecule has 0 radical (unpaired) electrons. The SMILES string of the molecule is C=CCc1ccc(O)cc1.CCCCC(CC)CP(=O)(CC(CC)CCCC)Nc1ccccc1Cl. The largest absolute Gasteiger partial charge is 0.508 e. The number of para-hydroxylation sites is 1. The summed E-state index contributed by atoms with van der Waals surface area (Å²) < 4.78 is 14.0. The van der Waals surface area contributed by atoms with Crippen molar-refractivity contribution in [1.82, 2.24) is 0 Å². The predicted molar refractivity (Wildman–Crippen MR) is 161 cm³/mol. The number of phenolic OH excluding ortho intramolecular Hbond substituents is 1. The Hall–Kier alpha value is -1.70. The zero-order chi connectivity index (χ0) is 26.8. The van der Waals surface area contributed by atoms with Crippen molar-refractivity contribution in [1.29, 1.82) is 0 Å². The highest BCUT2D eigenvalue weighted by atomic mass is 35.5. The number of anilines is 1. The summed E-state index contributed by atoms with van der Waals surface area (Å²) in [5.41, 5.74) is 2.00. The number of benzene rings is 2. The molecule has 0 aromatic heterocycles. The topological polar surface area (TPSA) is 49.3 Å². The highest BCUT2D eigenvalue weighted by molar-refractivity contribution is 7.65. The summed E-state index contributed by atoms with van der Waals surface area (Å²) in [6, 6.07) is 14.8. The maximum Gasteiger partial charge on any atom is 0.170 e. The lowest BCUT2D eigenvalue weighted by Crippen LogP contribution is -2.17. The van der Waals surface area contributed by atoms with Gasteiger partial charge in [-0.2, -0.15) is 0 Å². The molecule has 0 saturated heterocycles. The Kier molecular flexibility index (Phi) is 16.6. The van der Waals surface area contributed by atoms with Gasteiger partial charge in [0, 0.05) is 12.3 Å². The quantitative estimate of drug-likeness (QED) is 0.166. The minimum atomic E-state index is -2.53. The molecule has 0 aliphatic heterocycles. The predicted octanol–water partition coefficient (Wildman–Crippen LogP) is 10.6. The Bertz CT molecular complexity index is 878. The maximum absolute atomic E-state index is 14.0. The average molecular weight is 534 g/mol. The number of halogens is 1. The van der Waals surface area contributed by atoms with Crippen molar-refractivity contribution >= 4 is 24.6 Å². The summed E-state index contributed by atoms with van der Waals surface area (Å²) in [6.45, 7) is 12.5. The van der Waals surface area contributed by atoms with E-state index in [2.05, 4.69) is 39.4 Å². The molecule has 0 aliphatic rings. The fraction of sp³-hybridized carbons (Fsp3) is 0.548. The van der Waals surface area contributed by atoms with Crippen molar-refractivity contribution in [2.24, 2.45) is 11.8 Å². The second-order valence-electron chi connectivity index (χ2n) is 9.84. The first-order chi connectivity index (χ1) is 17.3. The van der Waals surface area contributed by atoms with E-state index in [0.717, 1.165) is 37.3 Å². The molecule has 0 spiro atoms. The lowest BCUT2D eigenvalue weighted by atomic mass is 10.0. The van der Waals surface area contributed by atoms with E-state index in [1.54, 1.807) is 12.1 Å². The monoisotopic (exact) mass is 533 g/mol. The highest BCUT2D eigenvalue weighted by Crippen LogP contribution is 2.51. The fourth-order valence-electron chi connectivity index (χ4n) is 4.40. The van der Waals surface area contributed by atoms with Crippen LogP contribution < -0.4 is 5.09 Å². The van der Waals surface area contributed by atoms with Gasteiger partial charge in [-0.15, -0.1) is 6.58 Å². The van der Waals surface area contributed by atoms with Gasteiger partial charge < -0.3 is 14.8 Å². The zero-order valence-corrected chi connectivity index (χ0v) is 24.7. The second-order valence-corrected chi connectivity index (χ2v) is 13.0. The number of phenols is 1. The Morgan fingerprint density at radius 1 is 0.917 bits per heavy atom. The molecule has 2 atom stereocenters. The van der Waals surface area contributed by atoms with Crippen LogP contribution in [0, 0.1) is 11.8 Å². The van der Waals surface area contributed by atoms with Crippen molar-refractivity contribution in [3.63, 3.8) is 0 Å². The number of aromatic hydroxyl groups is 1. The summed E-state index contributed by atoms with van der Waals surface area (Å²) in [5.74, 6) is 1.37. The third kappa shape index (κ3) is 13.0. The molecule has 2 aromatic carbocycles. The van der Waals surface area contributed by atoms with Crippen LogP contribution in [0.2, 0.25) is 5.02 Å². The first kappa shape index (κ1) is 32.3. The standard InChI is InChI=1S/C22H39ClNOP.C9H10O/c1-5-9-13-19(7-3)17-26(25,18-20(8-4)14-10-6-2)24-22-16-12-11-15-21(22)23;1-2-3-8-4-6-9(10)7-5-8/h11-12,15-16,19-20H,5-10,13-14,17-18H2,1-4H3,(H,24,25);2,4-7,10H,1,3H2. The number of hydrogen-bond acceptors (Lipinski definition) is 2. The maximum atomic E-state index is 14.0. The van der Waals surface area contributed by atoms with Crippen molar-refractivity contribution in [2.75, 3.05) is 17.4 Å². The number of rotatable bonds is 16. The van der Waals surface area contributed by atoms with Gasteiger partial charge in [0.25, 0.3) is 0 Å². The summed E-state index contributed by atoms with van der Waals surface area (Å²) in [5, 5.41) is 13.0. The second kappa shape index (κ2) is 18.5. The van der Waals surface area contributed by atoms with E-state index in [1.807, 2.05) is 42.5 Å². The molecular formula is C31H49ClNO2P. The average Bonchev–Trinajstić information content (AvgIpc) is 2.87. The van der Waals surface area contributed by atoms with Crippen LogP contribution in [0.25, 0.3) is 0 Å². The van der Waals surface area contributed by atoms with Crippen molar-refractivity contribution in [2.45, 2.75) is 85.5 Å². The van der Waals surface area contributed by atoms with Crippen LogP contribution >= 0.6 is 18.9 Å². The lowest BCUT2D eigenvalue weighted by molar-refractivity contribution is 0.464. The van der Waals surface area contributed by atoms with Gasteiger partial charge in [0.15, 0.2) is 7.29 Å². The smallest absolute Gasteiger partial charge is 0.170 e. The lowest BCUT2D eigenvalue weighted by Gasteiger charge is -2.29. The van der Waals surface area contributed by atoms with Crippen LogP contribution in [-0.2, 0) is 11.0 Å². The van der Waals surface area contributed by atoms with Gasteiger partial charge in [-0.05, 0) is 60.9 Å². The van der Waals surface area contributed by atoms with Gasteiger partial charge in [-0.1, -0.05) is 108 Å². The molecule has 3 nitrogen and oxygen atoms in total. The summed E-state index contributed by atoms with van der Waals surface area (Å²) in [4.78, 5) is 0. The van der Waals surface area contributed by atoms with E-state index in [1.165, 1.54) is 44.1 Å². The minimum absolute atomic E-state index is 0.313. The van der Waals surface area contributed by atoms with E-state index in [-0.39, 0.29) is 0 Å². The summed E-state index contributed by atoms with van der Waals surface area (Å²) >= 11 is 6.35. The first-order valence-electron chi connectivity index (χ1n) is 13.8. The fourth-order valence-corrected chi connectivity index (χ4v) is 8.17. The Balaban J connectivity index is 0.000000537. The molecule has 0 heterocycles. The minimum Gasteiger partial charge on any atom is -0.508 e. The molecule has 5 heteroatoms. The molecule has 0 aliphatic carbocycles. The molecule has 0 saturated carbocycles. The van der Waals surface area contributed by atoms with Crippen molar-refractivity contribution in [3.8, 4) is 5.75 Å². The Labute approximate surface area is 226 Å². The van der Waals surface area contributed by atoms with Gasteiger partial charge in [0.05, 0.1) is 10.7 Å². The van der Waals surface area contributed by atoms with Gasteiger partial charge in [0.2, 0.25) is 0 Å². The van der Waals surface area contributed by atoms with Crippen molar-refractivity contribution < 1.29 is 9.67 Å². The highest BCUT2D eigenvalue weighted by Gasteiger charge is 2.29. The molecule has 0 fully saturated rings. The van der Waals surface area contributed by atoms with Crippen LogP contribution in [0.15, 0.2) is 61.2 Å². The molecular weight excluding hydrogens is 485 g/mol. The van der Waals surface area contributed by atoms with E-state index < -0.39 is 7.29 Å². The zero-order valence-electron chi connectivity index (χ0n) is 23.0. The molecule has 2 aromatic rings. The molecule has 36 heavy (non-hydrogen) atoms. The van der Waals surface area contributed by atoms with Gasteiger partial charge in [-0.3, -0.25) is 0 Å². The van der Waals surface area contributed by atoms with Crippen LogP contribution in [-0.4, -0.2) is 17.4 Å². The molecule has 2 N–H and O–H groups in total. The Morgan fingerprint density at radius 3 is 1.89 bits per heavy atom. The molecule has 2 unspecified atom stereocenters.